The van der Waals surface area contributed by atoms with Crippen LogP contribution in [0.5, 0.6) is 0 Å². The van der Waals surface area contributed by atoms with E-state index in [0.29, 0.717) is 5.57 Å². The van der Waals surface area contributed by atoms with Gasteiger partial charge in [0.1, 0.15) is 6.07 Å². The zero-order chi connectivity index (χ0) is 15.7. The van der Waals surface area contributed by atoms with Gasteiger partial charge in [0.05, 0.1) is 23.4 Å². The molecule has 3 rings (SSSR count). The smallest absolute Gasteiger partial charge is 0.192 e. The summed E-state index contributed by atoms with van der Waals surface area (Å²) in [5.74, 6) is -0.408. The molecule has 1 aromatic heterocycles. The molecule has 2 atom stereocenters. The van der Waals surface area contributed by atoms with Crippen molar-refractivity contribution in [2.75, 3.05) is 0 Å². The normalized spacial score (nSPS) is 26.1. The maximum Gasteiger partial charge on any atom is 0.192 e. The van der Waals surface area contributed by atoms with E-state index in [1.165, 1.54) is 0 Å². The molecule has 5 nitrogen and oxygen atoms in total. The molecule has 2 aliphatic rings. The number of H-pyrrole nitrogens is 1. The van der Waals surface area contributed by atoms with Gasteiger partial charge in [-0.2, -0.15) is 15.8 Å². The number of aromatic amines is 1. The third-order valence-corrected chi connectivity index (χ3v) is 4.76. The number of nitrogens with zero attached hydrogens (tertiary/aromatic N) is 3. The van der Waals surface area contributed by atoms with Crippen LogP contribution in [0.15, 0.2) is 41.2 Å². The van der Waals surface area contributed by atoms with Crippen molar-refractivity contribution < 1.29 is 0 Å². The minimum Gasteiger partial charge on any atom is -0.399 e. The van der Waals surface area contributed by atoms with Gasteiger partial charge in [-0.15, -0.1) is 0 Å². The van der Waals surface area contributed by atoms with Crippen molar-refractivity contribution in [2.24, 2.45) is 17.1 Å². The van der Waals surface area contributed by atoms with Crippen LogP contribution in [0.25, 0.3) is 0 Å². The summed E-state index contributed by atoms with van der Waals surface area (Å²) < 4.78 is 0. The van der Waals surface area contributed by atoms with E-state index in [-0.39, 0.29) is 17.5 Å². The molecule has 22 heavy (non-hydrogen) atoms. The molecule has 0 aliphatic heterocycles. The number of hydrogen-bond donors (Lipinski definition) is 2. The molecule has 2 aliphatic carbocycles. The summed E-state index contributed by atoms with van der Waals surface area (Å²) in [6, 6.07) is 10.1. The van der Waals surface area contributed by atoms with E-state index in [2.05, 4.69) is 23.2 Å². The number of allylic oxidation sites excluding steroid dienone is 4. The number of nitrogens with one attached hydrogen (secondary N) is 1. The summed E-state index contributed by atoms with van der Waals surface area (Å²) in [6.45, 7) is 0. The van der Waals surface area contributed by atoms with E-state index in [1.807, 2.05) is 18.2 Å². The Morgan fingerprint density at radius 2 is 2.05 bits per heavy atom. The third kappa shape index (κ3) is 1.68. The lowest BCUT2D eigenvalue weighted by atomic mass is 9.57. The summed E-state index contributed by atoms with van der Waals surface area (Å²) >= 11 is 0. The summed E-state index contributed by atoms with van der Waals surface area (Å²) in [5.41, 5.74) is 6.76. The van der Waals surface area contributed by atoms with Gasteiger partial charge in [0.2, 0.25) is 0 Å². The Kier molecular flexibility index (Phi) is 3.24. The van der Waals surface area contributed by atoms with Crippen LogP contribution in [-0.2, 0) is 0 Å². The summed E-state index contributed by atoms with van der Waals surface area (Å²) in [7, 11) is 0. The first-order valence-electron chi connectivity index (χ1n) is 7.26. The van der Waals surface area contributed by atoms with Gasteiger partial charge in [-0.25, -0.2) is 0 Å². The number of rotatable bonds is 1. The molecule has 0 radical (unpaired) electrons. The molecule has 0 saturated carbocycles. The van der Waals surface area contributed by atoms with Crippen molar-refractivity contribution in [3.05, 3.63) is 46.9 Å². The minimum atomic E-state index is -1.50. The number of nitriles is 3. The molecule has 1 heterocycles. The van der Waals surface area contributed by atoms with E-state index in [1.54, 1.807) is 6.20 Å². The molecule has 1 aromatic rings. The zero-order valence-electron chi connectivity index (χ0n) is 12.0. The fourth-order valence-electron chi connectivity index (χ4n) is 3.75. The van der Waals surface area contributed by atoms with Crippen molar-refractivity contribution in [1.29, 1.82) is 15.8 Å². The predicted molar refractivity (Wildman–Crippen MR) is 79.4 cm³/mol. The number of fused-ring (bicyclic) bond motifs is 1. The lowest BCUT2D eigenvalue weighted by Crippen LogP contribution is -2.42. The maximum atomic E-state index is 9.76. The van der Waals surface area contributed by atoms with Gasteiger partial charge in [0.15, 0.2) is 5.41 Å². The van der Waals surface area contributed by atoms with Gasteiger partial charge in [-0.3, -0.25) is 0 Å². The lowest BCUT2D eigenvalue weighted by molar-refractivity contribution is 0.312. The number of nitrogens with two attached hydrogens (primary N) is 1. The molecular formula is C17H15N5. The Hall–Kier alpha value is -2.97. The molecular weight excluding hydrogens is 274 g/mol. The van der Waals surface area contributed by atoms with Gasteiger partial charge in [0.25, 0.3) is 0 Å². The zero-order valence-corrected chi connectivity index (χ0v) is 12.0. The topological polar surface area (TPSA) is 113 Å². The van der Waals surface area contributed by atoms with Gasteiger partial charge >= 0.3 is 0 Å². The minimum absolute atomic E-state index is 0.0337. The molecule has 0 aromatic carbocycles. The first kappa shape index (κ1) is 14.0. The average molecular weight is 289 g/mol. The van der Waals surface area contributed by atoms with Crippen LogP contribution in [-0.4, -0.2) is 4.98 Å². The highest BCUT2D eigenvalue weighted by Crippen LogP contribution is 2.55. The van der Waals surface area contributed by atoms with Crippen molar-refractivity contribution in [2.45, 2.75) is 25.2 Å². The molecule has 0 spiro atoms. The second kappa shape index (κ2) is 5.10. The molecule has 5 heteroatoms. The molecule has 108 valence electrons. The van der Waals surface area contributed by atoms with Gasteiger partial charge < -0.3 is 10.7 Å². The Bertz CT molecular complexity index is 762. The van der Waals surface area contributed by atoms with Crippen molar-refractivity contribution in [3.8, 4) is 18.2 Å². The van der Waals surface area contributed by atoms with E-state index in [9.17, 15) is 15.8 Å². The Morgan fingerprint density at radius 1 is 1.27 bits per heavy atom. The second-order valence-corrected chi connectivity index (χ2v) is 5.73. The highest BCUT2D eigenvalue weighted by molar-refractivity contribution is 5.58. The van der Waals surface area contributed by atoms with Crippen LogP contribution in [0, 0.1) is 45.3 Å². The standard InChI is InChI=1S/C17H15N5/c18-8-13-11-4-1-2-5-12(11)15(14-6-3-7-22-14)17(9-19,10-20)16(13)21/h3-4,6-7,12,15,22H,1-2,5,21H2/t12-,15-/m0/s1. The predicted octanol–water partition coefficient (Wildman–Crippen LogP) is 2.61. The second-order valence-electron chi connectivity index (χ2n) is 5.73. The molecule has 0 unspecified atom stereocenters. The van der Waals surface area contributed by atoms with Gasteiger partial charge in [-0.05, 0) is 42.9 Å². The third-order valence-electron chi connectivity index (χ3n) is 4.76. The summed E-state index contributed by atoms with van der Waals surface area (Å²) in [4.78, 5) is 3.13. The van der Waals surface area contributed by atoms with E-state index in [4.69, 9.17) is 5.73 Å². The van der Waals surface area contributed by atoms with Crippen LogP contribution < -0.4 is 5.73 Å². The highest BCUT2D eigenvalue weighted by Gasteiger charge is 2.54. The molecule has 0 saturated heterocycles. The molecule has 0 fully saturated rings. The molecule has 3 N–H and O–H groups in total. The van der Waals surface area contributed by atoms with Crippen LogP contribution in [0.3, 0.4) is 0 Å². The van der Waals surface area contributed by atoms with Crippen LogP contribution in [0.2, 0.25) is 0 Å². The van der Waals surface area contributed by atoms with E-state index in [0.717, 1.165) is 30.5 Å². The largest absolute Gasteiger partial charge is 0.399 e. The Balaban J connectivity index is 2.33. The van der Waals surface area contributed by atoms with Gasteiger partial charge in [0, 0.05) is 17.8 Å². The van der Waals surface area contributed by atoms with Crippen molar-refractivity contribution in [3.63, 3.8) is 0 Å². The first-order chi connectivity index (χ1) is 10.7. The Labute approximate surface area is 129 Å². The maximum absolute atomic E-state index is 9.76. The highest BCUT2D eigenvalue weighted by atomic mass is 14.8. The lowest BCUT2D eigenvalue weighted by Gasteiger charge is -2.42. The average Bonchev–Trinajstić information content (AvgIpc) is 3.08. The molecule has 0 bridgehead atoms. The van der Waals surface area contributed by atoms with Crippen LogP contribution >= 0.6 is 0 Å². The molecule has 0 amide bonds. The summed E-state index contributed by atoms with van der Waals surface area (Å²) in [5, 5.41) is 29.0. The van der Waals surface area contributed by atoms with E-state index >= 15 is 0 Å². The fraction of sp³-hybridized carbons (Fsp3) is 0.353. The first-order valence-corrected chi connectivity index (χ1v) is 7.26. The van der Waals surface area contributed by atoms with E-state index < -0.39 is 5.41 Å². The number of aromatic nitrogens is 1. The SMILES string of the molecule is N#CC1=C(N)C(C#N)(C#N)[C@H](c2ccc[nH]2)[C@H]2CCCC=C12. The van der Waals surface area contributed by atoms with Crippen LogP contribution in [0.1, 0.15) is 30.9 Å². The van der Waals surface area contributed by atoms with Crippen molar-refractivity contribution >= 4 is 0 Å². The quantitative estimate of drug-likeness (QED) is 0.827. The Morgan fingerprint density at radius 3 is 2.64 bits per heavy atom. The monoisotopic (exact) mass is 289 g/mol. The summed E-state index contributed by atoms with van der Waals surface area (Å²) in [6.07, 6.45) is 6.54. The fourth-order valence-corrected chi connectivity index (χ4v) is 3.75. The van der Waals surface area contributed by atoms with Crippen LogP contribution in [0.4, 0.5) is 0 Å². The van der Waals surface area contributed by atoms with Crippen molar-refractivity contribution in [1.82, 2.24) is 4.98 Å². The number of hydrogen-bond acceptors (Lipinski definition) is 4. The van der Waals surface area contributed by atoms with Gasteiger partial charge in [-0.1, -0.05) is 6.08 Å².